The first kappa shape index (κ1) is 26.6. The second-order valence-corrected chi connectivity index (χ2v) is 8.09. The molecule has 0 aliphatic rings. The van der Waals surface area contributed by atoms with Crippen molar-refractivity contribution < 1.29 is 9.47 Å². The average Bonchev–Trinajstić information content (AvgIpc) is 2.83. The van der Waals surface area contributed by atoms with Crippen molar-refractivity contribution in [3.05, 3.63) is 71.1 Å². The van der Waals surface area contributed by atoms with E-state index >= 15 is 0 Å². The van der Waals surface area contributed by atoms with Crippen molar-refractivity contribution in [1.82, 2.24) is 10.6 Å². The van der Waals surface area contributed by atoms with Crippen molar-refractivity contribution in [3.63, 3.8) is 0 Å². The van der Waals surface area contributed by atoms with Gasteiger partial charge in [-0.1, -0.05) is 0 Å². The Morgan fingerprint density at radius 3 is 1.32 bits per heavy atom. The predicted molar refractivity (Wildman–Crippen MR) is 139 cm³/mol. The summed E-state index contributed by atoms with van der Waals surface area (Å²) in [6.45, 7) is 7.28. The molecular formula is C26H38N6O2. The highest BCUT2D eigenvalue weighted by atomic mass is 16.5. The molecule has 34 heavy (non-hydrogen) atoms. The molecular weight excluding hydrogens is 428 g/mol. The third-order valence-electron chi connectivity index (χ3n) is 5.35. The summed E-state index contributed by atoms with van der Waals surface area (Å²) < 4.78 is 11.5. The maximum absolute atomic E-state index is 7.40. The first-order chi connectivity index (χ1) is 16.4. The number of ether oxygens (including phenoxy) is 2. The number of rotatable bonds is 16. The summed E-state index contributed by atoms with van der Waals surface area (Å²) in [7, 11) is 0. The quantitative estimate of drug-likeness (QED) is 0.126. The largest absolute Gasteiger partial charge is 0.494 e. The molecule has 0 amide bonds. The lowest BCUT2D eigenvalue weighted by Gasteiger charge is -2.13. The minimum absolute atomic E-state index is 0.0637. The molecule has 0 saturated carbocycles. The third kappa shape index (κ3) is 9.85. The first-order valence-corrected chi connectivity index (χ1v) is 11.7. The molecule has 2 aromatic rings. The lowest BCUT2D eigenvalue weighted by molar-refractivity contribution is 0.306. The van der Waals surface area contributed by atoms with Gasteiger partial charge in [0.25, 0.3) is 0 Å². The van der Waals surface area contributed by atoms with Crippen LogP contribution in [0.15, 0.2) is 59.9 Å². The summed E-state index contributed by atoms with van der Waals surface area (Å²) in [4.78, 5) is 0. The highest BCUT2D eigenvalue weighted by Gasteiger charge is 2.00. The number of allylic oxidation sites excluding steroid dienone is 2. The van der Waals surface area contributed by atoms with Crippen LogP contribution in [-0.2, 0) is 0 Å². The first-order valence-electron chi connectivity index (χ1n) is 11.7. The van der Waals surface area contributed by atoms with Gasteiger partial charge in [-0.25, -0.2) is 0 Å². The van der Waals surface area contributed by atoms with Gasteiger partial charge in [0.1, 0.15) is 23.2 Å². The predicted octanol–water partition coefficient (Wildman–Crippen LogP) is 3.70. The van der Waals surface area contributed by atoms with E-state index in [2.05, 4.69) is 24.5 Å². The van der Waals surface area contributed by atoms with Gasteiger partial charge in [0.15, 0.2) is 0 Å². The van der Waals surface area contributed by atoms with Crippen molar-refractivity contribution in [2.75, 3.05) is 26.3 Å². The van der Waals surface area contributed by atoms with Crippen molar-refractivity contribution in [2.24, 2.45) is 11.5 Å². The molecule has 0 atom stereocenters. The van der Waals surface area contributed by atoms with Crippen LogP contribution in [0.3, 0.4) is 0 Å². The molecule has 0 aromatic heterocycles. The zero-order valence-corrected chi connectivity index (χ0v) is 20.2. The van der Waals surface area contributed by atoms with Crippen LogP contribution >= 0.6 is 0 Å². The lowest BCUT2D eigenvalue weighted by Crippen LogP contribution is -2.21. The Bertz CT molecular complexity index is 861. The van der Waals surface area contributed by atoms with E-state index in [1.807, 2.05) is 24.3 Å². The molecule has 8 nitrogen and oxygen atoms in total. The number of amidine groups is 2. The van der Waals surface area contributed by atoms with Crippen LogP contribution in [-0.4, -0.2) is 38.0 Å². The van der Waals surface area contributed by atoms with Crippen molar-refractivity contribution >= 4 is 11.7 Å². The van der Waals surface area contributed by atoms with Gasteiger partial charge in [-0.15, -0.1) is 0 Å². The average molecular weight is 467 g/mol. The van der Waals surface area contributed by atoms with Crippen LogP contribution in [0.1, 0.15) is 50.7 Å². The number of hydrogen-bond donors (Lipinski definition) is 6. The van der Waals surface area contributed by atoms with E-state index in [9.17, 15) is 0 Å². The Morgan fingerprint density at radius 1 is 0.647 bits per heavy atom. The molecule has 0 aliphatic carbocycles. The van der Waals surface area contributed by atoms with Gasteiger partial charge in [-0.05, 0) is 88.1 Å². The van der Waals surface area contributed by atoms with Crippen LogP contribution in [0.5, 0.6) is 11.5 Å². The van der Waals surface area contributed by atoms with Crippen LogP contribution in [0.4, 0.5) is 0 Å². The van der Waals surface area contributed by atoms with Gasteiger partial charge in [0.05, 0.1) is 13.2 Å². The van der Waals surface area contributed by atoms with E-state index in [1.165, 1.54) is 0 Å². The van der Waals surface area contributed by atoms with Crippen LogP contribution in [0.2, 0.25) is 0 Å². The van der Waals surface area contributed by atoms with Crippen molar-refractivity contribution in [1.29, 1.82) is 10.8 Å². The molecule has 0 spiro atoms. The van der Waals surface area contributed by atoms with Crippen LogP contribution < -0.4 is 31.6 Å². The summed E-state index contributed by atoms with van der Waals surface area (Å²) in [5.41, 5.74) is 14.6. The molecule has 0 unspecified atom stereocenters. The molecule has 0 heterocycles. The zero-order valence-electron chi connectivity index (χ0n) is 20.2. The lowest BCUT2D eigenvalue weighted by atomic mass is 10.2. The second kappa shape index (κ2) is 14.5. The maximum Gasteiger partial charge on any atom is 0.122 e. The number of hydrogen-bond acceptors (Lipinski definition) is 6. The van der Waals surface area contributed by atoms with Gasteiger partial charge in [-0.3, -0.25) is 10.8 Å². The number of benzene rings is 2. The molecule has 8 heteroatoms. The second-order valence-electron chi connectivity index (χ2n) is 8.09. The summed E-state index contributed by atoms with van der Waals surface area (Å²) in [5.74, 6) is 1.72. The molecule has 8 N–H and O–H groups in total. The highest BCUT2D eigenvalue weighted by molar-refractivity contribution is 5.95. The number of nitrogens with one attached hydrogen (secondary N) is 4. The van der Waals surface area contributed by atoms with Gasteiger partial charge in [0, 0.05) is 35.6 Å². The van der Waals surface area contributed by atoms with Gasteiger partial charge < -0.3 is 31.6 Å². The minimum Gasteiger partial charge on any atom is -0.494 e. The Balaban J connectivity index is 1.51. The van der Waals surface area contributed by atoms with Crippen LogP contribution in [0.25, 0.3) is 0 Å². The van der Waals surface area contributed by atoms with Crippen LogP contribution in [0, 0.1) is 10.8 Å². The van der Waals surface area contributed by atoms with Crippen molar-refractivity contribution in [3.8, 4) is 11.5 Å². The molecule has 2 rings (SSSR count). The number of unbranched alkanes of at least 4 members (excludes halogenated alkanes) is 2. The van der Waals surface area contributed by atoms with Crippen molar-refractivity contribution in [2.45, 2.75) is 39.5 Å². The SMILES string of the molecule is C/C(NCCCCOc1ccc(C(=N)N)cc1)=C(\C)NCCCCOc1ccc(C(=N)N)cc1. The van der Waals surface area contributed by atoms with E-state index in [0.717, 1.165) is 61.7 Å². The summed E-state index contributed by atoms with van der Waals surface area (Å²) in [6.07, 6.45) is 3.94. The van der Waals surface area contributed by atoms with Gasteiger partial charge >= 0.3 is 0 Å². The fourth-order valence-electron chi connectivity index (χ4n) is 3.11. The van der Waals surface area contributed by atoms with E-state index in [0.29, 0.717) is 24.3 Å². The Hall–Kier alpha value is -3.68. The van der Waals surface area contributed by atoms with Gasteiger partial charge in [-0.2, -0.15) is 0 Å². The molecule has 0 radical (unpaired) electrons. The summed E-state index contributed by atoms with van der Waals surface area (Å²) >= 11 is 0. The minimum atomic E-state index is 0.0637. The number of nitrogen functional groups attached to an aromatic ring is 2. The fourth-order valence-corrected chi connectivity index (χ4v) is 3.11. The molecule has 0 fully saturated rings. The normalized spacial score (nSPS) is 11.4. The summed E-state index contributed by atoms with van der Waals surface area (Å²) in [6, 6.07) is 14.6. The monoisotopic (exact) mass is 466 g/mol. The molecule has 2 aromatic carbocycles. The zero-order chi connectivity index (χ0) is 24.8. The third-order valence-corrected chi connectivity index (χ3v) is 5.35. The van der Waals surface area contributed by atoms with E-state index < -0.39 is 0 Å². The topological polar surface area (TPSA) is 142 Å². The number of nitrogens with two attached hydrogens (primary N) is 2. The van der Waals surface area contributed by atoms with E-state index in [1.54, 1.807) is 24.3 Å². The Kier molecular flexibility index (Phi) is 11.3. The Morgan fingerprint density at radius 2 is 1.00 bits per heavy atom. The molecule has 0 aliphatic heterocycles. The highest BCUT2D eigenvalue weighted by Crippen LogP contribution is 2.13. The molecule has 0 saturated heterocycles. The van der Waals surface area contributed by atoms with Gasteiger partial charge in [0.2, 0.25) is 0 Å². The maximum atomic E-state index is 7.40. The smallest absolute Gasteiger partial charge is 0.122 e. The van der Waals surface area contributed by atoms with E-state index in [4.69, 9.17) is 31.8 Å². The molecule has 0 bridgehead atoms. The fraction of sp³-hybridized carbons (Fsp3) is 0.385. The summed E-state index contributed by atoms with van der Waals surface area (Å²) in [5, 5.41) is 21.7. The van der Waals surface area contributed by atoms with E-state index in [-0.39, 0.29) is 11.7 Å². The standard InChI is InChI=1S/C26H38N6O2/c1-19(31-15-3-5-17-33-23-11-7-21(8-12-23)25(27)28)20(2)32-16-4-6-18-34-24-13-9-22(10-14-24)26(29)30/h7-14,31-32H,3-6,15-18H2,1-2H3,(H3,27,28)(H3,29,30)/b20-19-. The molecule has 184 valence electrons. The Labute approximate surface area is 202 Å².